The summed E-state index contributed by atoms with van der Waals surface area (Å²) in [6, 6.07) is 2.89. The molecule has 0 spiro atoms. The number of hydrogen-bond donors (Lipinski definition) is 1. The fourth-order valence-corrected chi connectivity index (χ4v) is 2.25. The van der Waals surface area contributed by atoms with Crippen LogP contribution in [-0.4, -0.2) is 11.1 Å². The molecule has 15 heavy (non-hydrogen) atoms. The number of halogens is 3. The van der Waals surface area contributed by atoms with Crippen LogP contribution in [0.5, 0.6) is 5.75 Å². The number of hydrogen-bond acceptors (Lipinski definition) is 2. The van der Waals surface area contributed by atoms with Gasteiger partial charge in [-0.2, -0.15) is 0 Å². The van der Waals surface area contributed by atoms with E-state index in [1.165, 1.54) is 12.1 Å². The lowest BCUT2D eigenvalue weighted by molar-refractivity contribution is 0.484. The van der Waals surface area contributed by atoms with E-state index in [4.69, 9.17) is 51.1 Å². The first-order valence-corrected chi connectivity index (χ1v) is 8.01. The molecule has 84 valence electrons. The number of rotatable bonds is 3. The van der Waals surface area contributed by atoms with E-state index >= 15 is 0 Å². The summed E-state index contributed by atoms with van der Waals surface area (Å²) in [5.74, 6) is 0.263. The van der Waals surface area contributed by atoms with Gasteiger partial charge in [-0.05, 0) is 17.9 Å². The Morgan fingerprint density at radius 3 is 2.33 bits per heavy atom. The van der Waals surface area contributed by atoms with E-state index in [-0.39, 0.29) is 10.8 Å². The molecule has 1 rings (SSSR count). The first kappa shape index (κ1) is 13.6. The van der Waals surface area contributed by atoms with E-state index in [0.717, 1.165) is 0 Å². The fourth-order valence-electron chi connectivity index (χ4n) is 0.792. The van der Waals surface area contributed by atoms with Crippen LogP contribution in [-0.2, 0) is 11.8 Å². The van der Waals surface area contributed by atoms with Gasteiger partial charge in [0.2, 0.25) is 6.49 Å². The predicted molar refractivity (Wildman–Crippen MR) is 69.1 cm³/mol. The minimum Gasteiger partial charge on any atom is -0.442 e. The molecular weight excluding hydrogens is 297 g/mol. The lowest BCUT2D eigenvalue weighted by Gasteiger charge is -2.16. The van der Waals surface area contributed by atoms with E-state index in [1.807, 2.05) is 0 Å². The molecule has 0 amide bonds. The zero-order valence-electron chi connectivity index (χ0n) is 7.71. The second kappa shape index (κ2) is 5.22. The third kappa shape index (κ3) is 3.77. The summed E-state index contributed by atoms with van der Waals surface area (Å²) in [5.41, 5.74) is 0. The van der Waals surface area contributed by atoms with Crippen LogP contribution in [0, 0.1) is 0 Å². The summed E-state index contributed by atoms with van der Waals surface area (Å²) in [6.07, 6.45) is 0.360. The molecule has 1 atom stereocenters. The summed E-state index contributed by atoms with van der Waals surface area (Å²) in [7, 11) is 0. The van der Waals surface area contributed by atoms with Crippen LogP contribution in [0.1, 0.15) is 6.92 Å². The zero-order valence-corrected chi connectivity index (χ0v) is 11.7. The van der Waals surface area contributed by atoms with E-state index < -0.39 is 6.49 Å². The third-order valence-corrected chi connectivity index (χ3v) is 4.91. The van der Waals surface area contributed by atoms with Crippen molar-refractivity contribution < 1.29 is 9.42 Å². The summed E-state index contributed by atoms with van der Waals surface area (Å²) in [4.78, 5) is 9.63. The van der Waals surface area contributed by atoms with Crippen LogP contribution in [0.15, 0.2) is 12.1 Å². The Balaban J connectivity index is 3.06. The maximum absolute atomic E-state index is 9.63. The summed E-state index contributed by atoms with van der Waals surface area (Å²) >= 11 is 22.3. The van der Waals surface area contributed by atoms with Gasteiger partial charge in [0, 0.05) is 12.2 Å². The van der Waals surface area contributed by atoms with Gasteiger partial charge in [0.25, 0.3) is 0 Å². The summed E-state index contributed by atoms with van der Waals surface area (Å²) < 4.78 is 5.22. The van der Waals surface area contributed by atoms with Gasteiger partial charge < -0.3 is 9.42 Å². The average Bonchev–Trinajstić information content (AvgIpc) is 2.14. The standard InChI is InChI=1S/C8H8Cl3O2PS/c1-2-14(12,15)13-8-4-6(10)5(9)3-7(8)11/h3-4H,2H2,1H3,(H,12,15). The SMILES string of the molecule is CCP(O)(=S)Oc1cc(Cl)c(Cl)cc1Cl. The van der Waals surface area contributed by atoms with Gasteiger partial charge in [-0.15, -0.1) is 0 Å². The lowest BCUT2D eigenvalue weighted by Crippen LogP contribution is -1.94. The van der Waals surface area contributed by atoms with Gasteiger partial charge in [0.1, 0.15) is 5.75 Å². The van der Waals surface area contributed by atoms with Crippen molar-refractivity contribution in [1.82, 2.24) is 0 Å². The van der Waals surface area contributed by atoms with Crippen molar-refractivity contribution in [2.24, 2.45) is 0 Å². The molecule has 7 heteroatoms. The van der Waals surface area contributed by atoms with Crippen molar-refractivity contribution in [3.8, 4) is 5.75 Å². The highest BCUT2D eigenvalue weighted by Crippen LogP contribution is 2.46. The van der Waals surface area contributed by atoms with Gasteiger partial charge in [-0.3, -0.25) is 0 Å². The third-order valence-electron chi connectivity index (χ3n) is 1.62. The quantitative estimate of drug-likeness (QED) is 0.665. The zero-order chi connectivity index (χ0) is 11.6. The Morgan fingerprint density at radius 1 is 1.27 bits per heavy atom. The maximum Gasteiger partial charge on any atom is 0.235 e. The molecule has 0 radical (unpaired) electrons. The molecule has 1 aromatic rings. The molecule has 0 bridgehead atoms. The Labute approximate surface area is 108 Å². The van der Waals surface area contributed by atoms with Crippen LogP contribution >= 0.6 is 41.3 Å². The van der Waals surface area contributed by atoms with Crippen molar-refractivity contribution in [2.45, 2.75) is 6.92 Å². The molecule has 0 aliphatic rings. The van der Waals surface area contributed by atoms with Crippen molar-refractivity contribution in [3.05, 3.63) is 27.2 Å². The van der Waals surface area contributed by atoms with Gasteiger partial charge >= 0.3 is 0 Å². The molecule has 0 aromatic heterocycles. The Hall–Kier alpha value is 0.500. The normalized spacial score (nSPS) is 14.7. The van der Waals surface area contributed by atoms with Crippen molar-refractivity contribution in [3.63, 3.8) is 0 Å². The van der Waals surface area contributed by atoms with Gasteiger partial charge in [-0.25, -0.2) is 0 Å². The molecule has 2 nitrogen and oxygen atoms in total. The topological polar surface area (TPSA) is 29.5 Å². The van der Waals surface area contributed by atoms with Crippen molar-refractivity contribution in [2.75, 3.05) is 6.16 Å². The highest BCUT2D eigenvalue weighted by atomic mass is 35.5. The average molecular weight is 306 g/mol. The highest BCUT2D eigenvalue weighted by Gasteiger charge is 2.15. The molecule has 0 saturated heterocycles. The summed E-state index contributed by atoms with van der Waals surface area (Å²) in [6.45, 7) is -1.07. The van der Waals surface area contributed by atoms with Crippen LogP contribution in [0.2, 0.25) is 15.1 Å². The molecule has 1 aromatic carbocycles. The lowest BCUT2D eigenvalue weighted by atomic mass is 10.3. The van der Waals surface area contributed by atoms with Gasteiger partial charge in [0.05, 0.1) is 15.1 Å². The van der Waals surface area contributed by atoms with Crippen molar-refractivity contribution in [1.29, 1.82) is 0 Å². The minimum absolute atomic E-state index is 0.263. The monoisotopic (exact) mass is 304 g/mol. The largest absolute Gasteiger partial charge is 0.442 e. The molecule has 0 aliphatic heterocycles. The second-order valence-corrected chi connectivity index (χ2v) is 7.76. The first-order valence-electron chi connectivity index (χ1n) is 4.01. The van der Waals surface area contributed by atoms with Crippen LogP contribution < -0.4 is 4.52 Å². The molecule has 0 aliphatic carbocycles. The van der Waals surface area contributed by atoms with E-state index in [0.29, 0.717) is 16.2 Å². The van der Waals surface area contributed by atoms with Crippen molar-refractivity contribution >= 4 is 53.1 Å². The Morgan fingerprint density at radius 2 is 1.80 bits per heavy atom. The van der Waals surface area contributed by atoms with Crippen LogP contribution in [0.3, 0.4) is 0 Å². The van der Waals surface area contributed by atoms with E-state index in [9.17, 15) is 4.89 Å². The molecule has 0 saturated carbocycles. The molecule has 0 fully saturated rings. The summed E-state index contributed by atoms with van der Waals surface area (Å²) in [5, 5.41) is 0.917. The predicted octanol–water partition coefficient (Wildman–Crippen LogP) is 4.35. The smallest absolute Gasteiger partial charge is 0.235 e. The number of benzene rings is 1. The minimum atomic E-state index is -2.81. The Bertz CT molecular complexity index is 425. The molecular formula is C8H8Cl3O2PS. The van der Waals surface area contributed by atoms with Gasteiger partial charge in [-0.1, -0.05) is 41.7 Å². The second-order valence-electron chi connectivity index (χ2n) is 2.74. The Kier molecular flexibility index (Phi) is 4.72. The fraction of sp³-hybridized carbons (Fsp3) is 0.250. The molecule has 0 heterocycles. The van der Waals surface area contributed by atoms with E-state index in [1.54, 1.807) is 6.92 Å². The maximum atomic E-state index is 9.63. The molecule has 1 N–H and O–H groups in total. The highest BCUT2D eigenvalue weighted by molar-refractivity contribution is 8.09. The van der Waals surface area contributed by atoms with Crippen LogP contribution in [0.25, 0.3) is 0 Å². The molecule has 1 unspecified atom stereocenters. The van der Waals surface area contributed by atoms with Crippen LogP contribution in [0.4, 0.5) is 0 Å². The van der Waals surface area contributed by atoms with E-state index in [2.05, 4.69) is 0 Å². The first-order chi connectivity index (χ1) is 6.85. The van der Waals surface area contributed by atoms with Gasteiger partial charge in [0.15, 0.2) is 0 Å².